The van der Waals surface area contributed by atoms with Gasteiger partial charge in [0.05, 0.1) is 17.9 Å². The van der Waals surface area contributed by atoms with E-state index >= 15 is 0 Å². The number of carboxylic acid groups (broad SMARTS) is 3. The number of aromatic carboxylic acids is 3. The van der Waals surface area contributed by atoms with E-state index in [2.05, 4.69) is 41.5 Å². The van der Waals surface area contributed by atoms with Crippen molar-refractivity contribution in [3.05, 3.63) is 86.5 Å². The van der Waals surface area contributed by atoms with Gasteiger partial charge in [-0.05, 0) is 129 Å². The molecule has 3 aromatic carbocycles. The van der Waals surface area contributed by atoms with Crippen LogP contribution in [0, 0.1) is 0 Å². The Morgan fingerprint density at radius 2 is 0.600 bits per heavy atom. The van der Waals surface area contributed by atoms with Gasteiger partial charge in [-0.3, -0.25) is 0 Å². The summed E-state index contributed by atoms with van der Waals surface area (Å²) in [7, 11) is 0. The van der Waals surface area contributed by atoms with Gasteiger partial charge in [0.15, 0.2) is 0 Å². The van der Waals surface area contributed by atoms with Crippen LogP contribution in [0.25, 0.3) is 0 Å². The number of carboxylic acids is 3. The summed E-state index contributed by atoms with van der Waals surface area (Å²) in [6, 6.07) is 10.4. The average Bonchev–Trinajstić information content (AvgIpc) is 3.15. The zero-order valence-electron chi connectivity index (χ0n) is 34.1. The fourth-order valence-corrected chi connectivity index (χ4v) is 6.00. The minimum atomic E-state index is -1.30. The first-order valence-electron chi connectivity index (χ1n) is 20.0. The molecule has 0 saturated heterocycles. The smallest absolute Gasteiger partial charge is 0.545 e. The Morgan fingerprint density at radius 1 is 0.400 bits per heavy atom. The van der Waals surface area contributed by atoms with Crippen molar-refractivity contribution in [1.29, 1.82) is 0 Å². The van der Waals surface area contributed by atoms with E-state index in [1.54, 1.807) is 0 Å². The molecule has 0 atom stereocenters. The Bertz CT molecular complexity index is 1430. The van der Waals surface area contributed by atoms with Crippen LogP contribution in [0.2, 0.25) is 0 Å². The molecule has 0 aliphatic rings. The van der Waals surface area contributed by atoms with Crippen molar-refractivity contribution >= 4 is 35.3 Å². The van der Waals surface area contributed by atoms with Crippen LogP contribution in [-0.4, -0.2) is 50.6 Å². The molecule has 0 bridgehead atoms. The van der Waals surface area contributed by atoms with Gasteiger partial charge in [0.1, 0.15) is 17.2 Å². The topological polar surface area (TPSA) is 181 Å². The quantitative estimate of drug-likeness (QED) is 0.0966. The van der Waals surface area contributed by atoms with Crippen molar-refractivity contribution in [1.82, 2.24) is 0 Å². The monoisotopic (exact) mass is 774 g/mol. The van der Waals surface area contributed by atoms with Crippen molar-refractivity contribution in [2.45, 2.75) is 157 Å². The second-order valence-electron chi connectivity index (χ2n) is 13.9. The third kappa shape index (κ3) is 18.0. The van der Waals surface area contributed by atoms with E-state index in [9.17, 15) is 45.0 Å². The predicted octanol–water partition coefficient (Wildman–Crippen LogP) is 6.94. The minimum Gasteiger partial charge on any atom is -0.545 e. The van der Waals surface area contributed by atoms with Gasteiger partial charge in [-0.1, -0.05) is 98.3 Å². The Hall–Kier alpha value is -4.00. The molecule has 3 N–H and O–H groups in total. The molecule has 3 rings (SSSR count). The van der Waals surface area contributed by atoms with Crippen molar-refractivity contribution < 1.29 is 45.0 Å². The largest absolute Gasteiger partial charge is 3.00 e. The van der Waals surface area contributed by atoms with Gasteiger partial charge in [0.25, 0.3) is 0 Å². The number of aryl methyl sites for hydroxylation is 6. The molecule has 0 heterocycles. The summed E-state index contributed by atoms with van der Waals surface area (Å²) >= 11 is 0. The number of unbranched alkanes of at least 4 members (excludes halogenated alkanes) is 6. The second-order valence-corrected chi connectivity index (χ2v) is 13.9. The Balaban J connectivity index is 0.000000788. The van der Waals surface area contributed by atoms with E-state index in [4.69, 9.17) is 0 Å². The first-order chi connectivity index (χ1) is 25.8. The van der Waals surface area contributed by atoms with Gasteiger partial charge in [-0.15, -0.1) is 0 Å². The molecular weight excluding hydrogens is 711 g/mol. The molecule has 3 aromatic rings. The molecule has 0 saturated carbocycles. The summed E-state index contributed by atoms with van der Waals surface area (Å²) in [5.74, 6) is -4.27. The van der Waals surface area contributed by atoms with Gasteiger partial charge in [0, 0.05) is 16.7 Å². The molecule has 0 spiro atoms. The van der Waals surface area contributed by atoms with Crippen LogP contribution >= 0.6 is 0 Å². The predicted molar refractivity (Wildman–Crippen MR) is 215 cm³/mol. The fourth-order valence-electron chi connectivity index (χ4n) is 6.00. The molecule has 0 aromatic heterocycles. The Morgan fingerprint density at radius 3 is 0.782 bits per heavy atom. The fraction of sp³-hybridized carbons (Fsp3) is 0.533. The molecule has 300 valence electrons. The first-order valence-corrected chi connectivity index (χ1v) is 20.0. The molecule has 0 radical (unpaired) electrons. The zero-order chi connectivity index (χ0) is 40.6. The molecule has 9 nitrogen and oxygen atoms in total. The number of aromatic hydroxyl groups is 3. The summed E-state index contributed by atoms with van der Waals surface area (Å²) in [5, 5.41) is 62.8. The molecule has 0 unspecified atom stereocenters. The van der Waals surface area contributed by atoms with E-state index in [0.717, 1.165) is 130 Å². The van der Waals surface area contributed by atoms with Crippen LogP contribution in [0.15, 0.2) is 36.4 Å². The maximum atomic E-state index is 11.0. The van der Waals surface area contributed by atoms with Crippen LogP contribution in [0.3, 0.4) is 0 Å². The number of hydrogen-bond donors (Lipinski definition) is 3. The molecule has 55 heavy (non-hydrogen) atoms. The first kappa shape index (κ1) is 51.0. The van der Waals surface area contributed by atoms with Crippen LogP contribution < -0.4 is 15.3 Å². The van der Waals surface area contributed by atoms with E-state index in [1.807, 2.05) is 18.2 Å². The number of phenols is 3. The molecule has 0 aliphatic carbocycles. The van der Waals surface area contributed by atoms with Crippen LogP contribution in [0.5, 0.6) is 17.2 Å². The summed E-state index contributed by atoms with van der Waals surface area (Å²) in [6.45, 7) is 12.5. The molecule has 0 fully saturated rings. The third-order valence-corrected chi connectivity index (χ3v) is 9.26. The number of benzene rings is 3. The molecule has 0 aliphatic heterocycles. The number of carbonyl (C=O) groups is 3. The maximum Gasteiger partial charge on any atom is 3.00 e. The van der Waals surface area contributed by atoms with Gasteiger partial charge in [-0.25, -0.2) is 0 Å². The molecule has 10 heteroatoms. The molecular formula is C45H63AlO9. The van der Waals surface area contributed by atoms with Gasteiger partial charge in [-0.2, -0.15) is 0 Å². The summed E-state index contributed by atoms with van der Waals surface area (Å²) < 4.78 is 0. The van der Waals surface area contributed by atoms with Crippen LogP contribution in [-0.2, 0) is 38.5 Å². The van der Waals surface area contributed by atoms with Crippen molar-refractivity contribution in [3.63, 3.8) is 0 Å². The molecule has 0 amide bonds. The number of carbonyl (C=O) groups excluding carboxylic acids is 3. The number of rotatable bonds is 21. The summed E-state index contributed by atoms with van der Waals surface area (Å²) in [6.07, 6.45) is 16.8. The zero-order valence-corrected chi connectivity index (χ0v) is 35.2. The summed E-state index contributed by atoms with van der Waals surface area (Å²) in [5.41, 5.74) is 4.87. The minimum absolute atomic E-state index is 0. The Labute approximate surface area is 340 Å². The van der Waals surface area contributed by atoms with Crippen LogP contribution in [0.4, 0.5) is 0 Å². The average molecular weight is 775 g/mol. The van der Waals surface area contributed by atoms with Gasteiger partial charge in [0.2, 0.25) is 0 Å². The SMILES string of the molecule is CCCCc1cc(CCCC)c(O)c(C(=O)[O-])c1.CCCCc1cc(CCCC)c(O)c(C(=O)[O-])c1.CCCCc1cc(CCCC)c(O)c(C(=O)[O-])c1.[Al+3]. The summed E-state index contributed by atoms with van der Waals surface area (Å²) in [4.78, 5) is 33.0. The van der Waals surface area contributed by atoms with Crippen molar-refractivity contribution in [2.24, 2.45) is 0 Å². The normalized spacial score (nSPS) is 10.4. The standard InChI is InChI=1S/3C15H22O3.Al/c3*1-3-5-7-11-9-12(8-6-4-2)14(16)13(10-11)15(17)18;/h3*9-10,16H,3-8H2,1-2H3,(H,17,18);/q;;;+3/p-3. The van der Waals surface area contributed by atoms with Gasteiger partial charge >= 0.3 is 17.4 Å². The third-order valence-electron chi connectivity index (χ3n) is 9.26. The van der Waals surface area contributed by atoms with E-state index in [1.165, 1.54) is 18.2 Å². The van der Waals surface area contributed by atoms with Crippen molar-refractivity contribution in [3.8, 4) is 17.2 Å². The van der Waals surface area contributed by atoms with E-state index < -0.39 is 17.9 Å². The maximum absolute atomic E-state index is 11.0. The van der Waals surface area contributed by atoms with E-state index in [0.29, 0.717) is 19.3 Å². The van der Waals surface area contributed by atoms with Crippen LogP contribution in [0.1, 0.15) is 183 Å². The number of hydrogen-bond acceptors (Lipinski definition) is 9. The Kier molecular flexibility index (Phi) is 26.4. The van der Waals surface area contributed by atoms with Crippen molar-refractivity contribution in [2.75, 3.05) is 0 Å². The van der Waals surface area contributed by atoms with Gasteiger partial charge < -0.3 is 45.0 Å². The second kappa shape index (κ2) is 28.4. The van der Waals surface area contributed by atoms with E-state index in [-0.39, 0.29) is 51.3 Å².